The highest BCUT2D eigenvalue weighted by molar-refractivity contribution is 5.84. The molecule has 0 radical (unpaired) electrons. The number of hydrogen-bond acceptors (Lipinski definition) is 4. The highest BCUT2D eigenvalue weighted by atomic mass is 16.6. The fourth-order valence-electron chi connectivity index (χ4n) is 1.12. The lowest BCUT2D eigenvalue weighted by Crippen LogP contribution is -2.09. The Labute approximate surface area is 87.5 Å². The van der Waals surface area contributed by atoms with Gasteiger partial charge in [0.15, 0.2) is 0 Å². The number of aromatic hydroxyl groups is 1. The van der Waals surface area contributed by atoms with Crippen molar-refractivity contribution in [3.05, 3.63) is 29.8 Å². The Morgan fingerprint density at radius 1 is 1.27 bits per heavy atom. The second-order valence-corrected chi connectivity index (χ2v) is 3.13. The third kappa shape index (κ3) is 4.26. The summed E-state index contributed by atoms with van der Waals surface area (Å²) in [5.41, 5.74) is 0.910. The van der Waals surface area contributed by atoms with Crippen molar-refractivity contribution in [3.63, 3.8) is 0 Å². The molecular weight excluding hydrogens is 196 g/mol. The average molecular weight is 208 g/mol. The van der Waals surface area contributed by atoms with Crippen LogP contribution in [0.2, 0.25) is 0 Å². The van der Waals surface area contributed by atoms with E-state index in [2.05, 4.69) is 4.74 Å². The number of aryl methyl sites for hydroxylation is 1. The molecule has 1 aromatic rings. The molecule has 0 fully saturated rings. The SMILES string of the molecule is CC(=O)OC(=O)CCc1ccc(O)cc1. The zero-order chi connectivity index (χ0) is 11.3. The van der Waals surface area contributed by atoms with Crippen molar-refractivity contribution >= 4 is 11.9 Å². The zero-order valence-corrected chi connectivity index (χ0v) is 8.40. The molecule has 0 saturated heterocycles. The highest BCUT2D eigenvalue weighted by Crippen LogP contribution is 2.11. The molecule has 1 aromatic carbocycles. The summed E-state index contributed by atoms with van der Waals surface area (Å²) in [5, 5.41) is 9.02. The number of esters is 2. The number of carbonyl (C=O) groups excluding carboxylic acids is 2. The lowest BCUT2D eigenvalue weighted by atomic mass is 10.1. The topological polar surface area (TPSA) is 63.6 Å². The molecule has 0 aliphatic rings. The second kappa shape index (κ2) is 5.14. The molecule has 0 unspecified atom stereocenters. The van der Waals surface area contributed by atoms with Gasteiger partial charge in [-0.1, -0.05) is 12.1 Å². The molecule has 4 nitrogen and oxygen atoms in total. The van der Waals surface area contributed by atoms with Gasteiger partial charge < -0.3 is 9.84 Å². The maximum Gasteiger partial charge on any atom is 0.313 e. The van der Waals surface area contributed by atoms with Crippen LogP contribution in [0.5, 0.6) is 5.75 Å². The molecule has 0 spiro atoms. The van der Waals surface area contributed by atoms with Crippen LogP contribution in [0.1, 0.15) is 18.9 Å². The summed E-state index contributed by atoms with van der Waals surface area (Å²) in [4.78, 5) is 21.4. The van der Waals surface area contributed by atoms with Gasteiger partial charge in [-0.15, -0.1) is 0 Å². The van der Waals surface area contributed by atoms with Gasteiger partial charge in [0, 0.05) is 6.92 Å². The Kier molecular flexibility index (Phi) is 3.85. The van der Waals surface area contributed by atoms with Crippen molar-refractivity contribution in [2.75, 3.05) is 0 Å². The van der Waals surface area contributed by atoms with Crippen LogP contribution in [-0.2, 0) is 20.7 Å². The van der Waals surface area contributed by atoms with Gasteiger partial charge in [-0.2, -0.15) is 0 Å². The molecule has 0 bridgehead atoms. The van der Waals surface area contributed by atoms with Crippen molar-refractivity contribution in [1.29, 1.82) is 0 Å². The largest absolute Gasteiger partial charge is 0.508 e. The first-order valence-electron chi connectivity index (χ1n) is 4.57. The number of phenolic OH excluding ortho intramolecular Hbond substituents is 1. The summed E-state index contributed by atoms with van der Waals surface area (Å²) in [6, 6.07) is 6.53. The van der Waals surface area contributed by atoms with Gasteiger partial charge in [0.05, 0.1) is 6.42 Å². The monoisotopic (exact) mass is 208 g/mol. The molecule has 0 amide bonds. The molecule has 0 aromatic heterocycles. The summed E-state index contributed by atoms with van der Waals surface area (Å²) in [5.74, 6) is -0.939. The third-order valence-electron chi connectivity index (χ3n) is 1.81. The number of ether oxygens (including phenoxy) is 1. The molecule has 1 N–H and O–H groups in total. The van der Waals surface area contributed by atoms with Crippen LogP contribution in [-0.4, -0.2) is 17.0 Å². The van der Waals surface area contributed by atoms with Gasteiger partial charge in [-0.25, -0.2) is 0 Å². The Balaban J connectivity index is 2.40. The minimum atomic E-state index is -0.592. The van der Waals surface area contributed by atoms with Crippen molar-refractivity contribution in [3.8, 4) is 5.75 Å². The standard InChI is InChI=1S/C11H12O4/c1-8(12)15-11(14)7-4-9-2-5-10(13)6-3-9/h2-3,5-6,13H,4,7H2,1H3. The zero-order valence-electron chi connectivity index (χ0n) is 8.40. The number of benzene rings is 1. The van der Waals surface area contributed by atoms with Crippen LogP contribution in [0.4, 0.5) is 0 Å². The van der Waals surface area contributed by atoms with E-state index in [1.165, 1.54) is 6.92 Å². The predicted octanol–water partition coefficient (Wildman–Crippen LogP) is 1.41. The lowest BCUT2D eigenvalue weighted by Gasteiger charge is -2.01. The summed E-state index contributed by atoms with van der Waals surface area (Å²) >= 11 is 0. The van der Waals surface area contributed by atoms with E-state index in [1.54, 1.807) is 24.3 Å². The number of hydrogen-bond donors (Lipinski definition) is 1. The second-order valence-electron chi connectivity index (χ2n) is 3.13. The maximum atomic E-state index is 11.0. The van der Waals surface area contributed by atoms with E-state index in [0.717, 1.165) is 5.56 Å². The summed E-state index contributed by atoms with van der Waals surface area (Å²) in [7, 11) is 0. The van der Waals surface area contributed by atoms with Crippen molar-refractivity contribution in [2.45, 2.75) is 19.8 Å². The minimum absolute atomic E-state index is 0.157. The van der Waals surface area contributed by atoms with E-state index < -0.39 is 11.9 Å². The van der Waals surface area contributed by atoms with Crippen molar-refractivity contribution in [2.24, 2.45) is 0 Å². The van der Waals surface area contributed by atoms with Gasteiger partial charge in [-0.3, -0.25) is 9.59 Å². The number of phenols is 1. The smallest absolute Gasteiger partial charge is 0.313 e. The van der Waals surface area contributed by atoms with Crippen molar-refractivity contribution < 1.29 is 19.4 Å². The average Bonchev–Trinajstić information content (AvgIpc) is 2.16. The van der Waals surface area contributed by atoms with Crippen LogP contribution >= 0.6 is 0 Å². The van der Waals surface area contributed by atoms with Crippen molar-refractivity contribution in [1.82, 2.24) is 0 Å². The minimum Gasteiger partial charge on any atom is -0.508 e. The number of carbonyl (C=O) groups is 2. The van der Waals surface area contributed by atoms with E-state index >= 15 is 0 Å². The van der Waals surface area contributed by atoms with Crippen LogP contribution in [0.15, 0.2) is 24.3 Å². The van der Waals surface area contributed by atoms with Crippen LogP contribution in [0.3, 0.4) is 0 Å². The Hall–Kier alpha value is -1.84. The molecule has 0 atom stereocenters. The van der Waals surface area contributed by atoms with E-state index in [4.69, 9.17) is 5.11 Å². The molecule has 0 heterocycles. The number of rotatable bonds is 3. The molecule has 15 heavy (non-hydrogen) atoms. The van der Waals surface area contributed by atoms with Gasteiger partial charge in [0.1, 0.15) is 5.75 Å². The quantitative estimate of drug-likeness (QED) is 0.602. The summed E-state index contributed by atoms with van der Waals surface area (Å²) < 4.78 is 4.37. The maximum absolute atomic E-state index is 11.0. The molecule has 0 saturated carbocycles. The fraction of sp³-hybridized carbons (Fsp3) is 0.273. The van der Waals surface area contributed by atoms with Crippen LogP contribution in [0.25, 0.3) is 0 Å². The Bertz CT molecular complexity index is 353. The van der Waals surface area contributed by atoms with Crippen LogP contribution < -0.4 is 0 Å². The third-order valence-corrected chi connectivity index (χ3v) is 1.81. The molecular formula is C11H12O4. The predicted molar refractivity (Wildman–Crippen MR) is 53.2 cm³/mol. The van der Waals surface area contributed by atoms with E-state index in [1.807, 2.05) is 0 Å². The first-order chi connectivity index (χ1) is 7.08. The van der Waals surface area contributed by atoms with Gasteiger partial charge >= 0.3 is 11.9 Å². The van der Waals surface area contributed by atoms with E-state index in [0.29, 0.717) is 6.42 Å². The highest BCUT2D eigenvalue weighted by Gasteiger charge is 2.06. The van der Waals surface area contributed by atoms with E-state index in [-0.39, 0.29) is 12.2 Å². The lowest BCUT2D eigenvalue weighted by molar-refractivity contribution is -0.157. The fourth-order valence-corrected chi connectivity index (χ4v) is 1.12. The molecule has 1 rings (SSSR count). The Morgan fingerprint density at radius 2 is 1.87 bits per heavy atom. The summed E-state index contributed by atoms with van der Waals surface area (Å²) in [6.45, 7) is 1.19. The summed E-state index contributed by atoms with van der Waals surface area (Å²) in [6.07, 6.45) is 0.650. The van der Waals surface area contributed by atoms with E-state index in [9.17, 15) is 9.59 Å². The normalized spacial score (nSPS) is 9.67. The van der Waals surface area contributed by atoms with Crippen LogP contribution in [0, 0.1) is 0 Å². The van der Waals surface area contributed by atoms with Gasteiger partial charge in [0.25, 0.3) is 0 Å². The molecule has 80 valence electrons. The molecule has 0 aliphatic carbocycles. The van der Waals surface area contributed by atoms with Gasteiger partial charge in [0.2, 0.25) is 0 Å². The van der Waals surface area contributed by atoms with Gasteiger partial charge in [-0.05, 0) is 24.1 Å². The Morgan fingerprint density at radius 3 is 2.40 bits per heavy atom. The molecule has 0 aliphatic heterocycles. The first-order valence-corrected chi connectivity index (χ1v) is 4.57. The first kappa shape index (κ1) is 11.2. The molecule has 4 heteroatoms.